The van der Waals surface area contributed by atoms with Crippen LogP contribution in [0.5, 0.6) is 5.75 Å². The van der Waals surface area contributed by atoms with E-state index in [0.717, 1.165) is 21.9 Å². The molecule has 0 radical (unpaired) electrons. The average molecular weight is 412 g/mol. The number of benzene rings is 1. The quantitative estimate of drug-likeness (QED) is 0.566. The number of carbonyl (C=O) groups is 1. The molecule has 2 aromatic heterocycles. The van der Waals surface area contributed by atoms with Gasteiger partial charge in [-0.1, -0.05) is 27.7 Å². The zero-order valence-corrected chi connectivity index (χ0v) is 18.1. The number of aryl methyl sites for hydroxylation is 1. The highest BCUT2D eigenvalue weighted by Gasteiger charge is 2.18. The molecular formula is C23H29N3O4. The standard InChI is InChI=1S/C23H29N3O4/c1-13(2)8-15(25-23(28)29)12-30-21-10-20-18(9-17(21)14(3)4)16-6-7-24-11-19(16)22(27)26(20)5/h6-7,9-11,13-15,25H,8,12H2,1-5H3,(H,28,29). The summed E-state index contributed by atoms with van der Waals surface area (Å²) in [5, 5.41) is 14.1. The summed E-state index contributed by atoms with van der Waals surface area (Å²) in [6.07, 6.45) is 2.90. The minimum Gasteiger partial charge on any atom is -0.491 e. The molecule has 7 heteroatoms. The Bertz CT molecular complexity index is 1130. The third-order valence-electron chi connectivity index (χ3n) is 5.28. The summed E-state index contributed by atoms with van der Waals surface area (Å²) < 4.78 is 7.73. The second-order valence-corrected chi connectivity index (χ2v) is 8.43. The number of aromatic nitrogens is 2. The molecule has 0 saturated carbocycles. The van der Waals surface area contributed by atoms with Gasteiger partial charge in [-0.25, -0.2) is 4.79 Å². The first-order valence-corrected chi connectivity index (χ1v) is 10.2. The lowest BCUT2D eigenvalue weighted by atomic mass is 9.97. The van der Waals surface area contributed by atoms with Crippen molar-refractivity contribution in [3.63, 3.8) is 0 Å². The van der Waals surface area contributed by atoms with Gasteiger partial charge in [-0.15, -0.1) is 0 Å². The van der Waals surface area contributed by atoms with Crippen LogP contribution < -0.4 is 15.6 Å². The molecule has 0 aliphatic carbocycles. The van der Waals surface area contributed by atoms with E-state index < -0.39 is 6.09 Å². The zero-order valence-electron chi connectivity index (χ0n) is 18.1. The van der Waals surface area contributed by atoms with Gasteiger partial charge < -0.3 is 19.7 Å². The van der Waals surface area contributed by atoms with E-state index in [-0.39, 0.29) is 24.1 Å². The summed E-state index contributed by atoms with van der Waals surface area (Å²) in [5.74, 6) is 1.18. The van der Waals surface area contributed by atoms with Gasteiger partial charge in [-0.05, 0) is 41.3 Å². The molecule has 2 N–H and O–H groups in total. The van der Waals surface area contributed by atoms with Gasteiger partial charge in [0, 0.05) is 30.9 Å². The summed E-state index contributed by atoms with van der Waals surface area (Å²) in [5.41, 5.74) is 1.67. The molecule has 1 atom stereocenters. The molecule has 0 saturated heterocycles. The predicted molar refractivity (Wildman–Crippen MR) is 118 cm³/mol. The van der Waals surface area contributed by atoms with Crippen LogP contribution in [0.25, 0.3) is 21.7 Å². The van der Waals surface area contributed by atoms with Crippen LogP contribution in [-0.2, 0) is 7.05 Å². The molecule has 2 heterocycles. The van der Waals surface area contributed by atoms with Gasteiger partial charge in [0.2, 0.25) is 0 Å². The summed E-state index contributed by atoms with van der Waals surface area (Å²) in [7, 11) is 1.74. The van der Waals surface area contributed by atoms with Crippen LogP contribution in [-0.4, -0.2) is 33.4 Å². The predicted octanol–water partition coefficient (Wildman–Crippen LogP) is 4.27. The topological polar surface area (TPSA) is 93.5 Å². The Kier molecular flexibility index (Phi) is 6.29. The van der Waals surface area contributed by atoms with Crippen molar-refractivity contribution < 1.29 is 14.6 Å². The van der Waals surface area contributed by atoms with Crippen molar-refractivity contribution in [2.24, 2.45) is 13.0 Å². The van der Waals surface area contributed by atoms with Crippen LogP contribution in [0.1, 0.15) is 45.6 Å². The number of fused-ring (bicyclic) bond motifs is 3. The number of pyridine rings is 2. The largest absolute Gasteiger partial charge is 0.491 e. The maximum atomic E-state index is 12.8. The van der Waals surface area contributed by atoms with Crippen molar-refractivity contribution >= 4 is 27.8 Å². The fraction of sp³-hybridized carbons (Fsp3) is 0.435. The maximum absolute atomic E-state index is 12.8. The summed E-state index contributed by atoms with van der Waals surface area (Å²) in [6, 6.07) is 5.50. The van der Waals surface area contributed by atoms with Crippen LogP contribution >= 0.6 is 0 Å². The Labute approximate surface area is 175 Å². The molecule has 3 rings (SSSR count). The Morgan fingerprint density at radius 2 is 1.93 bits per heavy atom. The van der Waals surface area contributed by atoms with E-state index in [0.29, 0.717) is 23.5 Å². The normalized spacial score (nSPS) is 12.6. The number of hydrogen-bond donors (Lipinski definition) is 2. The molecule has 0 fully saturated rings. The van der Waals surface area contributed by atoms with E-state index in [2.05, 4.69) is 30.2 Å². The number of hydrogen-bond acceptors (Lipinski definition) is 4. The molecule has 160 valence electrons. The van der Waals surface area contributed by atoms with Crippen molar-refractivity contribution in [2.45, 2.75) is 46.1 Å². The SMILES string of the molecule is CC(C)CC(COc1cc2c(cc1C(C)C)c1ccncc1c(=O)n2C)NC(=O)O. The van der Waals surface area contributed by atoms with Crippen molar-refractivity contribution in [2.75, 3.05) is 6.61 Å². The molecule has 1 aromatic carbocycles. The third-order valence-corrected chi connectivity index (χ3v) is 5.28. The van der Waals surface area contributed by atoms with Gasteiger partial charge in [0.1, 0.15) is 12.4 Å². The second-order valence-electron chi connectivity index (χ2n) is 8.43. The van der Waals surface area contributed by atoms with Gasteiger partial charge in [0.05, 0.1) is 16.9 Å². The van der Waals surface area contributed by atoms with E-state index in [1.54, 1.807) is 24.0 Å². The Morgan fingerprint density at radius 1 is 1.20 bits per heavy atom. The molecule has 7 nitrogen and oxygen atoms in total. The van der Waals surface area contributed by atoms with Gasteiger partial charge in [-0.3, -0.25) is 9.78 Å². The minimum absolute atomic E-state index is 0.112. The number of amides is 1. The zero-order chi connectivity index (χ0) is 22.0. The van der Waals surface area contributed by atoms with Gasteiger partial charge >= 0.3 is 6.09 Å². The van der Waals surface area contributed by atoms with E-state index in [1.165, 1.54) is 0 Å². The molecule has 1 amide bonds. The van der Waals surface area contributed by atoms with Crippen molar-refractivity contribution in [3.05, 3.63) is 46.5 Å². The molecular weight excluding hydrogens is 382 g/mol. The highest BCUT2D eigenvalue weighted by atomic mass is 16.5. The van der Waals surface area contributed by atoms with Crippen molar-refractivity contribution in [1.29, 1.82) is 0 Å². The fourth-order valence-electron chi connectivity index (χ4n) is 3.85. The smallest absolute Gasteiger partial charge is 0.404 e. The Balaban J connectivity index is 2.09. The lowest BCUT2D eigenvalue weighted by Crippen LogP contribution is -2.39. The second kappa shape index (κ2) is 8.73. The minimum atomic E-state index is -1.06. The van der Waals surface area contributed by atoms with Crippen molar-refractivity contribution in [1.82, 2.24) is 14.9 Å². The molecule has 0 aliphatic heterocycles. The highest BCUT2D eigenvalue weighted by Crippen LogP contribution is 2.33. The first-order chi connectivity index (χ1) is 14.2. The third kappa shape index (κ3) is 4.40. The van der Waals surface area contributed by atoms with E-state index >= 15 is 0 Å². The maximum Gasteiger partial charge on any atom is 0.404 e. The molecule has 0 spiro atoms. The number of nitrogens with zero attached hydrogens (tertiary/aromatic N) is 2. The lowest BCUT2D eigenvalue weighted by molar-refractivity contribution is 0.176. The van der Waals surface area contributed by atoms with Crippen LogP contribution in [0, 0.1) is 5.92 Å². The van der Waals surface area contributed by atoms with Crippen LogP contribution in [0.3, 0.4) is 0 Å². The molecule has 3 aromatic rings. The molecule has 30 heavy (non-hydrogen) atoms. The summed E-state index contributed by atoms with van der Waals surface area (Å²) in [4.78, 5) is 28.0. The highest BCUT2D eigenvalue weighted by molar-refractivity contribution is 6.06. The number of ether oxygens (including phenoxy) is 1. The van der Waals surface area contributed by atoms with Crippen molar-refractivity contribution in [3.8, 4) is 5.75 Å². The van der Waals surface area contributed by atoms with E-state index in [9.17, 15) is 9.59 Å². The van der Waals surface area contributed by atoms with Gasteiger partial charge in [-0.2, -0.15) is 0 Å². The van der Waals surface area contributed by atoms with Crippen LogP contribution in [0.15, 0.2) is 35.4 Å². The number of nitrogens with one attached hydrogen (secondary N) is 1. The number of rotatable bonds is 7. The Morgan fingerprint density at radius 3 is 2.57 bits per heavy atom. The molecule has 0 aliphatic rings. The Hall–Kier alpha value is -3.09. The summed E-state index contributed by atoms with van der Waals surface area (Å²) >= 11 is 0. The fourth-order valence-corrected chi connectivity index (χ4v) is 3.85. The van der Waals surface area contributed by atoms with Gasteiger partial charge in [0.25, 0.3) is 5.56 Å². The van der Waals surface area contributed by atoms with E-state index in [4.69, 9.17) is 9.84 Å². The lowest BCUT2D eigenvalue weighted by Gasteiger charge is -2.22. The van der Waals surface area contributed by atoms with Crippen LogP contribution in [0.2, 0.25) is 0 Å². The average Bonchev–Trinajstić information content (AvgIpc) is 2.68. The van der Waals surface area contributed by atoms with Gasteiger partial charge in [0.15, 0.2) is 0 Å². The molecule has 1 unspecified atom stereocenters. The molecule has 0 bridgehead atoms. The summed E-state index contributed by atoms with van der Waals surface area (Å²) in [6.45, 7) is 8.48. The van der Waals surface area contributed by atoms with Crippen LogP contribution in [0.4, 0.5) is 4.79 Å². The first-order valence-electron chi connectivity index (χ1n) is 10.2. The monoisotopic (exact) mass is 411 g/mol. The number of carboxylic acid groups (broad SMARTS) is 1. The first kappa shape index (κ1) is 21.6. The van der Waals surface area contributed by atoms with E-state index in [1.807, 2.05) is 26.0 Å².